The molecule has 3 heterocycles. The van der Waals surface area contributed by atoms with Gasteiger partial charge in [-0.3, -0.25) is 4.79 Å². The van der Waals surface area contributed by atoms with Crippen LogP contribution in [0.4, 0.5) is 0 Å². The predicted octanol–water partition coefficient (Wildman–Crippen LogP) is 1.41. The zero-order valence-corrected chi connectivity index (χ0v) is 14.3. The molecule has 4 rings (SSSR count). The molecular formula is C17H26N4O3. The van der Waals surface area contributed by atoms with E-state index in [-0.39, 0.29) is 11.9 Å². The number of likely N-dealkylation sites (tertiary alicyclic amines) is 1. The summed E-state index contributed by atoms with van der Waals surface area (Å²) in [7, 11) is 0. The number of aromatic nitrogens is 2. The summed E-state index contributed by atoms with van der Waals surface area (Å²) in [6.07, 6.45) is 4.45. The molecule has 2 aliphatic heterocycles. The van der Waals surface area contributed by atoms with Crippen molar-refractivity contribution in [3.63, 3.8) is 0 Å². The highest BCUT2D eigenvalue weighted by atomic mass is 16.5. The number of nitrogens with zero attached hydrogens (tertiary/aromatic N) is 4. The Labute approximate surface area is 142 Å². The van der Waals surface area contributed by atoms with E-state index < -0.39 is 0 Å². The Morgan fingerprint density at radius 3 is 2.92 bits per heavy atom. The lowest BCUT2D eigenvalue weighted by molar-refractivity contribution is -0.131. The fourth-order valence-corrected chi connectivity index (χ4v) is 3.80. The Bertz CT molecular complexity index is 580. The zero-order valence-electron chi connectivity index (χ0n) is 14.3. The van der Waals surface area contributed by atoms with Crippen molar-refractivity contribution in [1.82, 2.24) is 19.9 Å². The molecule has 1 amide bonds. The number of amides is 1. The Morgan fingerprint density at radius 1 is 1.33 bits per heavy atom. The molecule has 1 aromatic heterocycles. The van der Waals surface area contributed by atoms with Gasteiger partial charge in [-0.15, -0.1) is 0 Å². The first kappa shape index (κ1) is 16.0. The average Bonchev–Trinajstić information content (AvgIpc) is 2.97. The van der Waals surface area contributed by atoms with Gasteiger partial charge >= 0.3 is 0 Å². The molecule has 2 atom stereocenters. The maximum absolute atomic E-state index is 12.1. The third kappa shape index (κ3) is 3.62. The van der Waals surface area contributed by atoms with Crippen molar-refractivity contribution >= 4 is 5.91 Å². The fourth-order valence-electron chi connectivity index (χ4n) is 3.80. The molecule has 0 N–H and O–H groups in total. The summed E-state index contributed by atoms with van der Waals surface area (Å²) in [5.74, 6) is 2.56. The topological polar surface area (TPSA) is 71.7 Å². The minimum atomic E-state index is 0.0869. The third-order valence-corrected chi connectivity index (χ3v) is 5.36. The van der Waals surface area contributed by atoms with Crippen LogP contribution in [0.1, 0.15) is 50.2 Å². The van der Waals surface area contributed by atoms with Gasteiger partial charge < -0.3 is 19.1 Å². The van der Waals surface area contributed by atoms with Crippen LogP contribution in [-0.4, -0.2) is 64.7 Å². The van der Waals surface area contributed by atoms with Crippen LogP contribution in [0, 0.1) is 5.92 Å². The molecule has 0 bridgehead atoms. The van der Waals surface area contributed by atoms with E-state index in [0.717, 1.165) is 64.4 Å². The van der Waals surface area contributed by atoms with Crippen LogP contribution in [0.15, 0.2) is 4.52 Å². The molecule has 1 saturated carbocycles. The van der Waals surface area contributed by atoms with Gasteiger partial charge in [0.2, 0.25) is 11.8 Å². The van der Waals surface area contributed by atoms with E-state index in [9.17, 15) is 4.79 Å². The van der Waals surface area contributed by atoms with Gasteiger partial charge in [-0.25, -0.2) is 0 Å². The van der Waals surface area contributed by atoms with Gasteiger partial charge in [-0.1, -0.05) is 5.16 Å². The van der Waals surface area contributed by atoms with Crippen molar-refractivity contribution < 1.29 is 14.1 Å². The average molecular weight is 334 g/mol. The van der Waals surface area contributed by atoms with E-state index in [1.165, 1.54) is 0 Å². The van der Waals surface area contributed by atoms with Crippen molar-refractivity contribution in [1.29, 1.82) is 0 Å². The summed E-state index contributed by atoms with van der Waals surface area (Å²) >= 11 is 0. The van der Waals surface area contributed by atoms with Crippen LogP contribution >= 0.6 is 0 Å². The highest BCUT2D eigenvalue weighted by molar-refractivity contribution is 5.73. The molecule has 3 fully saturated rings. The molecule has 1 aromatic rings. The van der Waals surface area contributed by atoms with E-state index in [2.05, 4.69) is 15.0 Å². The fraction of sp³-hybridized carbons (Fsp3) is 0.824. The number of carbonyl (C=O) groups excluding carboxylic acids is 1. The minimum Gasteiger partial charge on any atom is -0.381 e. The number of rotatable bonds is 6. The molecule has 2 saturated heterocycles. The lowest BCUT2D eigenvalue weighted by Gasteiger charge is -2.27. The summed E-state index contributed by atoms with van der Waals surface area (Å²) in [6.45, 7) is 6.92. The normalized spacial score (nSPS) is 27.7. The van der Waals surface area contributed by atoms with Gasteiger partial charge in [0.15, 0.2) is 5.82 Å². The van der Waals surface area contributed by atoms with Crippen LogP contribution in [-0.2, 0) is 16.1 Å². The van der Waals surface area contributed by atoms with E-state index in [4.69, 9.17) is 9.26 Å². The minimum absolute atomic E-state index is 0.0869. The van der Waals surface area contributed by atoms with E-state index in [1.807, 2.05) is 4.90 Å². The molecule has 0 radical (unpaired) electrons. The van der Waals surface area contributed by atoms with Crippen LogP contribution in [0.5, 0.6) is 0 Å². The maximum Gasteiger partial charge on any atom is 0.229 e. The predicted molar refractivity (Wildman–Crippen MR) is 86.3 cm³/mol. The number of hydrogen-bond acceptors (Lipinski definition) is 6. The van der Waals surface area contributed by atoms with Crippen LogP contribution in [0.25, 0.3) is 0 Å². The van der Waals surface area contributed by atoms with Gasteiger partial charge in [0.05, 0.1) is 13.2 Å². The second-order valence-electron chi connectivity index (χ2n) is 7.40. The zero-order chi connectivity index (χ0) is 16.5. The van der Waals surface area contributed by atoms with Gasteiger partial charge in [0.1, 0.15) is 0 Å². The first-order chi connectivity index (χ1) is 11.7. The lowest BCUT2D eigenvalue weighted by Crippen LogP contribution is -2.41. The smallest absolute Gasteiger partial charge is 0.229 e. The number of ether oxygens (including phenoxy) is 1. The van der Waals surface area contributed by atoms with Crippen molar-refractivity contribution in [3.05, 3.63) is 11.7 Å². The Morgan fingerprint density at radius 2 is 2.21 bits per heavy atom. The van der Waals surface area contributed by atoms with Crippen molar-refractivity contribution in [2.24, 2.45) is 5.92 Å². The summed E-state index contributed by atoms with van der Waals surface area (Å²) in [5.41, 5.74) is 0. The first-order valence-corrected chi connectivity index (χ1v) is 9.09. The van der Waals surface area contributed by atoms with Crippen LogP contribution < -0.4 is 0 Å². The highest BCUT2D eigenvalue weighted by Crippen LogP contribution is 2.38. The van der Waals surface area contributed by atoms with Crippen molar-refractivity contribution in [3.8, 4) is 0 Å². The summed E-state index contributed by atoms with van der Waals surface area (Å²) in [6, 6.07) is 0.243. The quantitative estimate of drug-likeness (QED) is 0.783. The van der Waals surface area contributed by atoms with Crippen LogP contribution in [0.3, 0.4) is 0 Å². The van der Waals surface area contributed by atoms with Gasteiger partial charge in [-0.2, -0.15) is 4.98 Å². The highest BCUT2D eigenvalue weighted by Gasteiger charge is 2.33. The molecule has 7 heteroatoms. The molecule has 7 nitrogen and oxygen atoms in total. The molecule has 3 aliphatic rings. The van der Waals surface area contributed by atoms with Gasteiger partial charge in [0, 0.05) is 45.1 Å². The second-order valence-corrected chi connectivity index (χ2v) is 7.40. The molecule has 132 valence electrons. The van der Waals surface area contributed by atoms with Crippen molar-refractivity contribution in [2.75, 3.05) is 32.8 Å². The first-order valence-electron chi connectivity index (χ1n) is 9.09. The molecule has 2 unspecified atom stereocenters. The molecular weight excluding hydrogens is 308 g/mol. The lowest BCUT2D eigenvalue weighted by atomic mass is 10.1. The summed E-state index contributed by atoms with van der Waals surface area (Å²) < 4.78 is 10.8. The standard InChI is InChI=1S/C17H26N4O3/c1-12(22)21(10-16-18-17(24-19-16)14-2-3-14)15-4-6-20(9-15)8-13-5-7-23-11-13/h13-15H,2-11H2,1H3. The molecule has 24 heavy (non-hydrogen) atoms. The Balaban J connectivity index is 1.34. The van der Waals surface area contributed by atoms with Gasteiger partial charge in [-0.05, 0) is 31.6 Å². The van der Waals surface area contributed by atoms with Crippen molar-refractivity contribution in [2.45, 2.75) is 51.1 Å². The van der Waals surface area contributed by atoms with Gasteiger partial charge in [0.25, 0.3) is 0 Å². The molecule has 1 aliphatic carbocycles. The maximum atomic E-state index is 12.1. The summed E-state index contributed by atoms with van der Waals surface area (Å²) in [5, 5.41) is 4.06. The van der Waals surface area contributed by atoms with E-state index >= 15 is 0 Å². The molecule has 0 spiro atoms. The number of hydrogen-bond donors (Lipinski definition) is 0. The SMILES string of the molecule is CC(=O)N(Cc1noc(C2CC2)n1)C1CCN(CC2CCOC2)C1. The monoisotopic (exact) mass is 334 g/mol. The van der Waals surface area contributed by atoms with Crippen LogP contribution in [0.2, 0.25) is 0 Å². The Kier molecular flexibility index (Phi) is 4.54. The second kappa shape index (κ2) is 6.80. The largest absolute Gasteiger partial charge is 0.381 e. The van der Waals surface area contributed by atoms with E-state index in [1.54, 1.807) is 6.92 Å². The summed E-state index contributed by atoms with van der Waals surface area (Å²) in [4.78, 5) is 21.0. The third-order valence-electron chi connectivity index (χ3n) is 5.36. The Hall–Kier alpha value is -1.47. The number of carbonyl (C=O) groups is 1. The molecule has 0 aromatic carbocycles. The van der Waals surface area contributed by atoms with E-state index in [0.29, 0.717) is 24.2 Å².